The molecule has 0 spiro atoms. The number of carboxylic acid groups (broad SMARTS) is 1. The molecule has 7 heteroatoms. The van der Waals surface area contributed by atoms with Crippen molar-refractivity contribution in [2.75, 3.05) is 37.6 Å². The van der Waals surface area contributed by atoms with Gasteiger partial charge in [-0.2, -0.15) is 0 Å². The van der Waals surface area contributed by atoms with Gasteiger partial charge in [0.1, 0.15) is 5.82 Å². The second-order valence-corrected chi connectivity index (χ2v) is 6.98. The van der Waals surface area contributed by atoms with Gasteiger partial charge in [-0.3, -0.25) is 14.5 Å². The molecule has 1 aliphatic heterocycles. The summed E-state index contributed by atoms with van der Waals surface area (Å²) in [4.78, 5) is 32.5. The predicted octanol–water partition coefficient (Wildman–Crippen LogP) is 1.61. The van der Waals surface area contributed by atoms with Crippen LogP contribution in [0.3, 0.4) is 0 Å². The summed E-state index contributed by atoms with van der Waals surface area (Å²) in [6, 6.07) is 15.4. The average Bonchev–Trinajstić information content (AvgIpc) is 2.73. The number of carbonyl (C=O) groups is 2. The molecule has 7 nitrogen and oxygen atoms in total. The maximum atomic E-state index is 12.2. The lowest BCUT2D eigenvalue weighted by Gasteiger charge is -2.36. The standard InChI is InChI=1S/C21H26N4O3/c26-20(23-15-17-6-2-1-3-7-17)14-18(21(27)28)16-24-10-12-25(13-11-24)19-8-4-5-9-22-19/h1-9,18H,10-16H2,(H,23,26)(H,27,28). The molecule has 0 bridgehead atoms. The first kappa shape index (κ1) is 19.8. The van der Waals surface area contributed by atoms with E-state index in [0.29, 0.717) is 13.1 Å². The van der Waals surface area contributed by atoms with Gasteiger partial charge in [-0.25, -0.2) is 4.98 Å². The molecule has 0 radical (unpaired) electrons. The molecule has 148 valence electrons. The van der Waals surface area contributed by atoms with E-state index in [1.165, 1.54) is 0 Å². The molecule has 1 amide bonds. The van der Waals surface area contributed by atoms with Crippen molar-refractivity contribution in [3.63, 3.8) is 0 Å². The molecule has 2 N–H and O–H groups in total. The third kappa shape index (κ3) is 5.79. The quantitative estimate of drug-likeness (QED) is 0.722. The summed E-state index contributed by atoms with van der Waals surface area (Å²) in [7, 11) is 0. The lowest BCUT2D eigenvalue weighted by Crippen LogP contribution is -2.49. The highest BCUT2D eigenvalue weighted by Gasteiger charge is 2.26. The van der Waals surface area contributed by atoms with Crippen LogP contribution in [0.15, 0.2) is 54.7 Å². The third-order valence-corrected chi connectivity index (χ3v) is 4.94. The number of carboxylic acids is 1. The van der Waals surface area contributed by atoms with Crippen LogP contribution in [0.5, 0.6) is 0 Å². The van der Waals surface area contributed by atoms with Gasteiger partial charge in [0.25, 0.3) is 0 Å². The van der Waals surface area contributed by atoms with Crippen LogP contribution in [0.1, 0.15) is 12.0 Å². The van der Waals surface area contributed by atoms with Crippen molar-refractivity contribution >= 4 is 17.7 Å². The topological polar surface area (TPSA) is 85.8 Å². The van der Waals surface area contributed by atoms with E-state index in [9.17, 15) is 14.7 Å². The largest absolute Gasteiger partial charge is 0.481 e. The summed E-state index contributed by atoms with van der Waals surface area (Å²) in [5.41, 5.74) is 0.994. The molecule has 3 rings (SSSR count). The number of pyridine rings is 1. The summed E-state index contributed by atoms with van der Waals surface area (Å²) in [5, 5.41) is 12.4. The maximum Gasteiger partial charge on any atom is 0.308 e. The van der Waals surface area contributed by atoms with E-state index in [1.54, 1.807) is 6.20 Å². The van der Waals surface area contributed by atoms with Gasteiger partial charge in [0.15, 0.2) is 0 Å². The minimum Gasteiger partial charge on any atom is -0.481 e. The number of amides is 1. The number of carbonyl (C=O) groups excluding carboxylic acids is 1. The van der Waals surface area contributed by atoms with Crippen molar-refractivity contribution in [3.05, 3.63) is 60.3 Å². The van der Waals surface area contributed by atoms with E-state index in [2.05, 4.69) is 20.1 Å². The number of anilines is 1. The van der Waals surface area contributed by atoms with Gasteiger partial charge in [0.2, 0.25) is 5.91 Å². The molecular formula is C21H26N4O3. The number of hydrogen-bond donors (Lipinski definition) is 2. The van der Waals surface area contributed by atoms with Crippen molar-refractivity contribution in [1.29, 1.82) is 0 Å². The number of benzene rings is 1. The van der Waals surface area contributed by atoms with Crippen LogP contribution in [-0.2, 0) is 16.1 Å². The molecule has 28 heavy (non-hydrogen) atoms. The summed E-state index contributed by atoms with van der Waals surface area (Å²) >= 11 is 0. The lowest BCUT2D eigenvalue weighted by atomic mass is 10.0. The molecule has 1 saturated heterocycles. The number of nitrogens with one attached hydrogen (secondary N) is 1. The van der Waals surface area contributed by atoms with E-state index in [4.69, 9.17) is 0 Å². The Morgan fingerprint density at radius 1 is 1.04 bits per heavy atom. The lowest BCUT2D eigenvalue weighted by molar-refractivity contribution is -0.144. The van der Waals surface area contributed by atoms with E-state index in [-0.39, 0.29) is 12.3 Å². The minimum atomic E-state index is -0.929. The Labute approximate surface area is 165 Å². The Morgan fingerprint density at radius 3 is 2.39 bits per heavy atom. The molecule has 1 aromatic carbocycles. The first-order valence-corrected chi connectivity index (χ1v) is 9.53. The van der Waals surface area contributed by atoms with Crippen LogP contribution in [-0.4, -0.2) is 59.6 Å². The molecule has 2 aromatic rings. The smallest absolute Gasteiger partial charge is 0.308 e. The Bertz CT molecular complexity index is 762. The van der Waals surface area contributed by atoms with E-state index in [1.807, 2.05) is 48.5 Å². The molecule has 0 aliphatic carbocycles. The fourth-order valence-electron chi connectivity index (χ4n) is 3.33. The van der Waals surface area contributed by atoms with Gasteiger partial charge in [-0.05, 0) is 17.7 Å². The van der Waals surface area contributed by atoms with Gasteiger partial charge in [-0.15, -0.1) is 0 Å². The fourth-order valence-corrected chi connectivity index (χ4v) is 3.33. The highest BCUT2D eigenvalue weighted by molar-refractivity contribution is 5.82. The molecule has 1 fully saturated rings. The number of aliphatic carboxylic acids is 1. The molecular weight excluding hydrogens is 356 g/mol. The molecule has 1 unspecified atom stereocenters. The van der Waals surface area contributed by atoms with Crippen LogP contribution >= 0.6 is 0 Å². The average molecular weight is 382 g/mol. The summed E-state index contributed by atoms with van der Waals surface area (Å²) in [6.45, 7) is 3.89. The van der Waals surface area contributed by atoms with Crippen molar-refractivity contribution in [2.24, 2.45) is 5.92 Å². The monoisotopic (exact) mass is 382 g/mol. The highest BCUT2D eigenvalue weighted by Crippen LogP contribution is 2.15. The molecule has 1 aromatic heterocycles. The Hall–Kier alpha value is -2.93. The third-order valence-electron chi connectivity index (χ3n) is 4.94. The van der Waals surface area contributed by atoms with Gasteiger partial charge < -0.3 is 15.3 Å². The van der Waals surface area contributed by atoms with E-state index < -0.39 is 11.9 Å². The van der Waals surface area contributed by atoms with Crippen molar-refractivity contribution in [2.45, 2.75) is 13.0 Å². The molecule has 1 aliphatic rings. The highest BCUT2D eigenvalue weighted by atomic mass is 16.4. The number of rotatable bonds is 8. The number of nitrogens with zero attached hydrogens (tertiary/aromatic N) is 3. The molecule has 1 atom stereocenters. The Morgan fingerprint density at radius 2 is 1.75 bits per heavy atom. The zero-order valence-corrected chi connectivity index (χ0v) is 15.8. The first-order valence-electron chi connectivity index (χ1n) is 9.53. The Kier molecular flexibility index (Phi) is 6.97. The zero-order chi connectivity index (χ0) is 19.8. The molecule has 2 heterocycles. The van der Waals surface area contributed by atoms with Crippen LogP contribution in [0, 0.1) is 5.92 Å². The summed E-state index contributed by atoms with van der Waals surface area (Å²) < 4.78 is 0. The molecule has 0 saturated carbocycles. The normalized spacial score (nSPS) is 15.8. The maximum absolute atomic E-state index is 12.2. The number of hydrogen-bond acceptors (Lipinski definition) is 5. The van der Waals surface area contributed by atoms with Crippen LogP contribution in [0.4, 0.5) is 5.82 Å². The number of aromatic nitrogens is 1. The van der Waals surface area contributed by atoms with E-state index in [0.717, 1.165) is 37.6 Å². The van der Waals surface area contributed by atoms with Gasteiger partial charge >= 0.3 is 5.97 Å². The van der Waals surface area contributed by atoms with Crippen molar-refractivity contribution < 1.29 is 14.7 Å². The number of piperazine rings is 1. The second kappa shape index (κ2) is 9.85. The fraction of sp³-hybridized carbons (Fsp3) is 0.381. The van der Waals surface area contributed by atoms with Gasteiger partial charge in [0, 0.05) is 51.9 Å². The predicted molar refractivity (Wildman–Crippen MR) is 107 cm³/mol. The van der Waals surface area contributed by atoms with Gasteiger partial charge in [0.05, 0.1) is 5.92 Å². The van der Waals surface area contributed by atoms with Crippen LogP contribution < -0.4 is 10.2 Å². The zero-order valence-electron chi connectivity index (χ0n) is 15.8. The minimum absolute atomic E-state index is 0.0113. The van der Waals surface area contributed by atoms with Crippen molar-refractivity contribution in [1.82, 2.24) is 15.2 Å². The SMILES string of the molecule is O=C(CC(CN1CCN(c2ccccn2)CC1)C(=O)O)NCc1ccccc1. The van der Waals surface area contributed by atoms with Crippen LogP contribution in [0.25, 0.3) is 0 Å². The van der Waals surface area contributed by atoms with Gasteiger partial charge in [-0.1, -0.05) is 36.4 Å². The van der Waals surface area contributed by atoms with E-state index >= 15 is 0 Å². The first-order chi connectivity index (χ1) is 13.6. The van der Waals surface area contributed by atoms with Crippen molar-refractivity contribution in [3.8, 4) is 0 Å². The summed E-state index contributed by atoms with van der Waals surface area (Å²) in [6.07, 6.45) is 1.76. The van der Waals surface area contributed by atoms with Crippen LogP contribution in [0.2, 0.25) is 0 Å². The summed E-state index contributed by atoms with van der Waals surface area (Å²) in [5.74, 6) is -0.931. The second-order valence-electron chi connectivity index (χ2n) is 6.98. The Balaban J connectivity index is 1.45.